The monoisotopic (exact) mass is 318 g/mol. The first-order valence-corrected chi connectivity index (χ1v) is 8.45. The SMILES string of the molecule is O=C(Cc1ccccc1F)N1CCCN(C(=O)C2CCC2)CC1. The van der Waals surface area contributed by atoms with Crippen LogP contribution in [0.1, 0.15) is 31.2 Å². The number of hydrogen-bond acceptors (Lipinski definition) is 2. The Balaban J connectivity index is 1.56. The second-order valence-corrected chi connectivity index (χ2v) is 6.46. The molecule has 1 saturated heterocycles. The third-order valence-electron chi connectivity index (χ3n) is 4.91. The van der Waals surface area contributed by atoms with Crippen LogP contribution >= 0.6 is 0 Å². The zero-order chi connectivity index (χ0) is 16.2. The van der Waals surface area contributed by atoms with Gasteiger partial charge in [-0.1, -0.05) is 24.6 Å². The quantitative estimate of drug-likeness (QED) is 0.857. The molecule has 1 aliphatic heterocycles. The molecule has 1 aromatic rings. The zero-order valence-corrected chi connectivity index (χ0v) is 13.3. The summed E-state index contributed by atoms with van der Waals surface area (Å²) < 4.78 is 13.7. The van der Waals surface area contributed by atoms with Crippen molar-refractivity contribution in [2.45, 2.75) is 32.1 Å². The highest BCUT2D eigenvalue weighted by atomic mass is 19.1. The molecule has 4 nitrogen and oxygen atoms in total. The third kappa shape index (κ3) is 3.71. The average Bonchev–Trinajstić information content (AvgIpc) is 2.74. The molecule has 2 amide bonds. The molecule has 0 atom stereocenters. The number of halogens is 1. The topological polar surface area (TPSA) is 40.6 Å². The summed E-state index contributed by atoms with van der Waals surface area (Å²) in [6.07, 6.45) is 4.04. The Bertz CT molecular complexity index is 586. The van der Waals surface area contributed by atoms with Crippen molar-refractivity contribution in [1.82, 2.24) is 9.80 Å². The van der Waals surface area contributed by atoms with Crippen LogP contribution in [0.25, 0.3) is 0 Å². The van der Waals surface area contributed by atoms with Crippen molar-refractivity contribution >= 4 is 11.8 Å². The molecular formula is C18H23FN2O2. The number of rotatable bonds is 3. The minimum atomic E-state index is -0.336. The predicted octanol–water partition coefficient (Wildman–Crippen LogP) is 2.23. The molecule has 2 fully saturated rings. The molecule has 1 saturated carbocycles. The van der Waals surface area contributed by atoms with Crippen LogP contribution in [0.3, 0.4) is 0 Å². The fourth-order valence-corrected chi connectivity index (χ4v) is 3.22. The summed E-state index contributed by atoms with van der Waals surface area (Å²) >= 11 is 0. The van der Waals surface area contributed by atoms with E-state index >= 15 is 0 Å². The van der Waals surface area contributed by atoms with Crippen molar-refractivity contribution < 1.29 is 14.0 Å². The van der Waals surface area contributed by atoms with Gasteiger partial charge in [-0.2, -0.15) is 0 Å². The third-order valence-corrected chi connectivity index (χ3v) is 4.91. The molecule has 0 spiro atoms. The lowest BCUT2D eigenvalue weighted by molar-refractivity contribution is -0.138. The number of nitrogens with zero attached hydrogens (tertiary/aromatic N) is 2. The van der Waals surface area contributed by atoms with Crippen LogP contribution in [0.15, 0.2) is 24.3 Å². The van der Waals surface area contributed by atoms with Crippen LogP contribution in [0.2, 0.25) is 0 Å². The molecule has 0 N–H and O–H groups in total. The Labute approximate surface area is 136 Å². The first kappa shape index (κ1) is 16.0. The van der Waals surface area contributed by atoms with Gasteiger partial charge in [-0.25, -0.2) is 4.39 Å². The summed E-state index contributed by atoms with van der Waals surface area (Å²) in [6, 6.07) is 6.40. The van der Waals surface area contributed by atoms with E-state index in [-0.39, 0.29) is 30.0 Å². The van der Waals surface area contributed by atoms with Crippen LogP contribution in [0.4, 0.5) is 4.39 Å². The van der Waals surface area contributed by atoms with Crippen LogP contribution < -0.4 is 0 Å². The Morgan fingerprint density at radius 3 is 2.39 bits per heavy atom. The van der Waals surface area contributed by atoms with E-state index in [1.54, 1.807) is 23.1 Å². The molecule has 23 heavy (non-hydrogen) atoms. The second kappa shape index (κ2) is 7.11. The van der Waals surface area contributed by atoms with Gasteiger partial charge in [0.1, 0.15) is 5.82 Å². The number of carbonyl (C=O) groups excluding carboxylic acids is 2. The first-order valence-electron chi connectivity index (χ1n) is 8.45. The molecule has 0 unspecified atom stereocenters. The van der Waals surface area contributed by atoms with Gasteiger partial charge in [-0.05, 0) is 30.9 Å². The molecule has 1 heterocycles. The molecule has 0 bridgehead atoms. The normalized spacial score (nSPS) is 19.2. The van der Waals surface area contributed by atoms with E-state index in [1.807, 2.05) is 4.90 Å². The highest BCUT2D eigenvalue weighted by Crippen LogP contribution is 2.28. The van der Waals surface area contributed by atoms with Gasteiger partial charge in [-0.15, -0.1) is 0 Å². The van der Waals surface area contributed by atoms with Gasteiger partial charge >= 0.3 is 0 Å². The largest absolute Gasteiger partial charge is 0.341 e. The maximum absolute atomic E-state index is 13.7. The van der Waals surface area contributed by atoms with E-state index in [4.69, 9.17) is 0 Å². The van der Waals surface area contributed by atoms with E-state index < -0.39 is 0 Å². The Morgan fingerprint density at radius 1 is 1.00 bits per heavy atom. The van der Waals surface area contributed by atoms with Gasteiger partial charge in [0.15, 0.2) is 0 Å². The number of hydrogen-bond donors (Lipinski definition) is 0. The molecular weight excluding hydrogens is 295 g/mol. The summed E-state index contributed by atoms with van der Waals surface area (Å²) in [5.74, 6) is 0.0563. The average molecular weight is 318 g/mol. The van der Waals surface area contributed by atoms with Crippen molar-refractivity contribution in [1.29, 1.82) is 0 Å². The van der Waals surface area contributed by atoms with Crippen molar-refractivity contribution in [3.63, 3.8) is 0 Å². The highest BCUT2D eigenvalue weighted by Gasteiger charge is 2.30. The second-order valence-electron chi connectivity index (χ2n) is 6.46. The van der Waals surface area contributed by atoms with E-state index in [1.165, 1.54) is 6.07 Å². The zero-order valence-electron chi connectivity index (χ0n) is 13.3. The summed E-state index contributed by atoms with van der Waals surface area (Å²) in [5, 5.41) is 0. The standard InChI is InChI=1S/C18H23FN2O2/c19-16-8-2-1-5-15(16)13-17(22)20-9-4-10-21(12-11-20)18(23)14-6-3-7-14/h1-2,5,8,14H,3-4,6-7,9-13H2. The highest BCUT2D eigenvalue weighted by molar-refractivity contribution is 5.80. The molecule has 0 aromatic heterocycles. The lowest BCUT2D eigenvalue weighted by Crippen LogP contribution is -2.41. The van der Waals surface area contributed by atoms with Gasteiger partial charge in [0, 0.05) is 32.1 Å². The lowest BCUT2D eigenvalue weighted by atomic mass is 9.84. The molecule has 124 valence electrons. The van der Waals surface area contributed by atoms with Crippen molar-refractivity contribution in [3.8, 4) is 0 Å². The Kier molecular flexibility index (Phi) is 4.94. The minimum Gasteiger partial charge on any atom is -0.341 e. The lowest BCUT2D eigenvalue weighted by Gasteiger charge is -2.31. The minimum absolute atomic E-state index is 0.0620. The van der Waals surface area contributed by atoms with E-state index in [9.17, 15) is 14.0 Å². The number of carbonyl (C=O) groups is 2. The fraction of sp³-hybridized carbons (Fsp3) is 0.556. The summed E-state index contributed by atoms with van der Waals surface area (Å²) in [6.45, 7) is 2.50. The van der Waals surface area contributed by atoms with Crippen LogP contribution in [-0.4, -0.2) is 47.8 Å². The van der Waals surface area contributed by atoms with Gasteiger partial charge in [0.25, 0.3) is 0 Å². The van der Waals surface area contributed by atoms with E-state index in [0.29, 0.717) is 25.2 Å². The van der Waals surface area contributed by atoms with Crippen molar-refractivity contribution in [3.05, 3.63) is 35.6 Å². The van der Waals surface area contributed by atoms with Gasteiger partial charge in [0.05, 0.1) is 6.42 Å². The first-order chi connectivity index (χ1) is 11.1. The van der Waals surface area contributed by atoms with Crippen molar-refractivity contribution in [2.75, 3.05) is 26.2 Å². The van der Waals surface area contributed by atoms with Crippen LogP contribution in [-0.2, 0) is 16.0 Å². The van der Waals surface area contributed by atoms with Crippen molar-refractivity contribution in [2.24, 2.45) is 5.92 Å². The van der Waals surface area contributed by atoms with E-state index in [0.717, 1.165) is 32.2 Å². The molecule has 1 aliphatic carbocycles. The predicted molar refractivity (Wildman–Crippen MR) is 85.2 cm³/mol. The Hall–Kier alpha value is -1.91. The maximum Gasteiger partial charge on any atom is 0.227 e. The Morgan fingerprint density at radius 2 is 1.70 bits per heavy atom. The maximum atomic E-state index is 13.7. The summed E-state index contributed by atoms with van der Waals surface area (Å²) in [7, 11) is 0. The van der Waals surface area contributed by atoms with Crippen LogP contribution in [0.5, 0.6) is 0 Å². The molecule has 5 heteroatoms. The fourth-order valence-electron chi connectivity index (χ4n) is 3.22. The number of benzene rings is 1. The molecule has 1 aromatic carbocycles. The molecule has 3 rings (SSSR count). The van der Waals surface area contributed by atoms with Gasteiger partial charge < -0.3 is 9.80 Å². The smallest absolute Gasteiger partial charge is 0.227 e. The van der Waals surface area contributed by atoms with Gasteiger partial charge in [-0.3, -0.25) is 9.59 Å². The van der Waals surface area contributed by atoms with Gasteiger partial charge in [0.2, 0.25) is 11.8 Å². The number of amides is 2. The van der Waals surface area contributed by atoms with E-state index in [2.05, 4.69) is 0 Å². The summed E-state index contributed by atoms with van der Waals surface area (Å²) in [4.78, 5) is 28.4. The summed E-state index contributed by atoms with van der Waals surface area (Å²) in [5.41, 5.74) is 0.434. The molecule has 0 radical (unpaired) electrons. The molecule has 2 aliphatic rings. The van der Waals surface area contributed by atoms with Crippen LogP contribution in [0, 0.1) is 11.7 Å².